The monoisotopic (exact) mass is 438 g/mol. The fourth-order valence-corrected chi connectivity index (χ4v) is 4.82. The van der Waals surface area contributed by atoms with Gasteiger partial charge in [0.25, 0.3) is 0 Å². The van der Waals surface area contributed by atoms with Crippen molar-refractivity contribution in [1.29, 1.82) is 0 Å². The van der Waals surface area contributed by atoms with E-state index in [1.54, 1.807) is 0 Å². The molecule has 5 nitrogen and oxygen atoms in total. The minimum atomic E-state index is -0.0108. The Bertz CT molecular complexity index is 1180. The summed E-state index contributed by atoms with van der Waals surface area (Å²) in [6, 6.07) is 23.0. The van der Waals surface area contributed by atoms with E-state index in [1.165, 1.54) is 21.9 Å². The molecule has 0 radical (unpaired) electrons. The maximum atomic E-state index is 13.4. The minimum Gasteiger partial charge on any atom is -0.346 e. The zero-order valence-electron chi connectivity index (χ0n) is 18.9. The Morgan fingerprint density at radius 1 is 0.848 bits per heavy atom. The van der Waals surface area contributed by atoms with Gasteiger partial charge in [0.1, 0.15) is 0 Å². The first-order valence-electron chi connectivity index (χ1n) is 11.8. The molecule has 5 rings (SSSR count). The maximum Gasteiger partial charge on any atom is 0.225 e. The second-order valence-electron chi connectivity index (χ2n) is 8.75. The van der Waals surface area contributed by atoms with Crippen LogP contribution in [0.15, 0.2) is 91.5 Å². The topological polar surface area (TPSA) is 41.4 Å². The molecule has 5 heteroatoms. The summed E-state index contributed by atoms with van der Waals surface area (Å²) >= 11 is 0. The predicted molar refractivity (Wildman–Crippen MR) is 132 cm³/mol. The maximum absolute atomic E-state index is 13.4. The van der Waals surface area contributed by atoms with Crippen LogP contribution in [-0.2, 0) is 11.2 Å². The first-order chi connectivity index (χ1) is 16.3. The molecule has 168 valence electrons. The number of pyridine rings is 1. The van der Waals surface area contributed by atoms with Crippen molar-refractivity contribution in [3.05, 3.63) is 103 Å². The first kappa shape index (κ1) is 21.4. The van der Waals surface area contributed by atoms with Gasteiger partial charge in [-0.15, -0.1) is 0 Å². The predicted octanol–water partition coefficient (Wildman–Crippen LogP) is 4.40. The molecular formula is C28H30N4O. The van der Waals surface area contributed by atoms with Gasteiger partial charge < -0.3 is 9.47 Å². The highest BCUT2D eigenvalue weighted by atomic mass is 16.2. The van der Waals surface area contributed by atoms with Gasteiger partial charge in [0, 0.05) is 57.5 Å². The Balaban J connectivity index is 1.25. The van der Waals surface area contributed by atoms with Crippen molar-refractivity contribution in [2.45, 2.75) is 18.9 Å². The van der Waals surface area contributed by atoms with Gasteiger partial charge in [0.2, 0.25) is 5.91 Å². The molecule has 0 spiro atoms. The molecule has 0 saturated carbocycles. The number of benzene rings is 2. The number of rotatable bonds is 7. The molecule has 2 aromatic carbocycles. The zero-order chi connectivity index (χ0) is 22.5. The van der Waals surface area contributed by atoms with Gasteiger partial charge in [0.05, 0.1) is 12.5 Å². The number of hydrogen-bond donors (Lipinski definition) is 0. The van der Waals surface area contributed by atoms with E-state index in [2.05, 4.69) is 81.4 Å². The van der Waals surface area contributed by atoms with E-state index in [9.17, 15) is 4.79 Å². The Labute approximate surface area is 195 Å². The molecular weight excluding hydrogens is 408 g/mol. The van der Waals surface area contributed by atoms with Gasteiger partial charge in [-0.25, -0.2) is 0 Å². The minimum absolute atomic E-state index is 0.0108. The van der Waals surface area contributed by atoms with Crippen molar-refractivity contribution in [3.8, 4) is 0 Å². The molecule has 1 fully saturated rings. The number of amides is 1. The summed E-state index contributed by atoms with van der Waals surface area (Å²) in [4.78, 5) is 22.0. The van der Waals surface area contributed by atoms with E-state index in [1.807, 2.05) is 29.4 Å². The number of carbonyl (C=O) groups excluding carboxylic acids is 1. The molecule has 3 heterocycles. The number of aromatic nitrogens is 2. The summed E-state index contributed by atoms with van der Waals surface area (Å²) in [5.41, 5.74) is 2.52. The number of hydrogen-bond acceptors (Lipinski definition) is 3. The van der Waals surface area contributed by atoms with E-state index in [0.717, 1.165) is 39.1 Å². The van der Waals surface area contributed by atoms with Crippen LogP contribution in [0, 0.1) is 0 Å². The molecule has 1 aliphatic rings. The lowest BCUT2D eigenvalue weighted by Gasteiger charge is -2.35. The fourth-order valence-electron chi connectivity index (χ4n) is 4.82. The molecule has 0 unspecified atom stereocenters. The van der Waals surface area contributed by atoms with Gasteiger partial charge in [-0.3, -0.25) is 14.7 Å². The van der Waals surface area contributed by atoms with Crippen molar-refractivity contribution >= 4 is 16.7 Å². The Morgan fingerprint density at radius 2 is 1.58 bits per heavy atom. The van der Waals surface area contributed by atoms with Crippen molar-refractivity contribution in [3.63, 3.8) is 0 Å². The number of piperazine rings is 1. The molecule has 1 saturated heterocycles. The van der Waals surface area contributed by atoms with Crippen LogP contribution in [0.2, 0.25) is 0 Å². The number of nitrogens with zero attached hydrogens (tertiary/aromatic N) is 4. The van der Waals surface area contributed by atoms with Crippen LogP contribution in [0.25, 0.3) is 10.8 Å². The average Bonchev–Trinajstić information content (AvgIpc) is 3.41. The van der Waals surface area contributed by atoms with Crippen molar-refractivity contribution in [2.75, 3.05) is 32.7 Å². The lowest BCUT2D eigenvalue weighted by molar-refractivity contribution is -0.133. The van der Waals surface area contributed by atoms with Crippen LogP contribution < -0.4 is 0 Å². The molecule has 0 aliphatic carbocycles. The molecule has 0 N–H and O–H groups in total. The van der Waals surface area contributed by atoms with Crippen LogP contribution in [-0.4, -0.2) is 58.0 Å². The second kappa shape index (κ2) is 10.0. The van der Waals surface area contributed by atoms with Crippen molar-refractivity contribution in [1.82, 2.24) is 19.4 Å². The van der Waals surface area contributed by atoms with E-state index >= 15 is 0 Å². The third kappa shape index (κ3) is 4.99. The van der Waals surface area contributed by atoms with Gasteiger partial charge >= 0.3 is 0 Å². The molecule has 33 heavy (non-hydrogen) atoms. The number of carbonyl (C=O) groups is 1. The SMILES string of the molecule is O=C(C[C@@H](c1cccc2ccccc12)n1cccc1)N1CCN(CCc2ccncc2)CC1. The highest BCUT2D eigenvalue weighted by molar-refractivity contribution is 5.87. The molecule has 2 aromatic heterocycles. The van der Waals surface area contributed by atoms with Crippen LogP contribution in [0.3, 0.4) is 0 Å². The van der Waals surface area contributed by atoms with Crippen molar-refractivity contribution < 1.29 is 4.79 Å². The lowest BCUT2D eigenvalue weighted by atomic mass is 9.96. The standard InChI is InChI=1S/C28H30N4O/c33-28(32-20-18-30(19-21-32)17-12-23-10-13-29-14-11-23)22-27(31-15-3-4-16-31)26-9-5-7-24-6-1-2-8-25(24)26/h1-11,13-16,27H,12,17-22H2/t27-/m0/s1. The molecule has 4 aromatic rings. The largest absolute Gasteiger partial charge is 0.346 e. The number of fused-ring (bicyclic) bond motifs is 1. The highest BCUT2D eigenvalue weighted by Gasteiger charge is 2.25. The highest BCUT2D eigenvalue weighted by Crippen LogP contribution is 2.30. The molecule has 1 aliphatic heterocycles. The Hall–Kier alpha value is -3.44. The summed E-state index contributed by atoms with van der Waals surface area (Å²) in [7, 11) is 0. The van der Waals surface area contributed by atoms with E-state index < -0.39 is 0 Å². The Kier molecular flexibility index (Phi) is 6.49. The molecule has 1 amide bonds. The van der Waals surface area contributed by atoms with Gasteiger partial charge in [-0.2, -0.15) is 0 Å². The molecule has 0 bridgehead atoms. The summed E-state index contributed by atoms with van der Waals surface area (Å²) < 4.78 is 2.17. The smallest absolute Gasteiger partial charge is 0.225 e. The van der Waals surface area contributed by atoms with E-state index in [-0.39, 0.29) is 11.9 Å². The first-order valence-corrected chi connectivity index (χ1v) is 11.8. The van der Waals surface area contributed by atoms with Crippen LogP contribution in [0.4, 0.5) is 0 Å². The lowest BCUT2D eigenvalue weighted by Crippen LogP contribution is -2.49. The third-order valence-electron chi connectivity index (χ3n) is 6.73. The zero-order valence-corrected chi connectivity index (χ0v) is 18.9. The average molecular weight is 439 g/mol. The normalized spacial score (nSPS) is 15.6. The van der Waals surface area contributed by atoms with Gasteiger partial charge in [-0.1, -0.05) is 42.5 Å². The van der Waals surface area contributed by atoms with Crippen molar-refractivity contribution in [2.24, 2.45) is 0 Å². The molecule has 1 atom stereocenters. The van der Waals surface area contributed by atoms with Gasteiger partial charge in [-0.05, 0) is 52.6 Å². The summed E-state index contributed by atoms with van der Waals surface area (Å²) in [6.07, 6.45) is 9.33. The Morgan fingerprint density at radius 3 is 2.36 bits per heavy atom. The summed E-state index contributed by atoms with van der Waals surface area (Å²) in [5, 5.41) is 2.43. The van der Waals surface area contributed by atoms with Crippen LogP contribution in [0.5, 0.6) is 0 Å². The second-order valence-corrected chi connectivity index (χ2v) is 8.75. The van der Waals surface area contributed by atoms with Crippen LogP contribution >= 0.6 is 0 Å². The summed E-state index contributed by atoms with van der Waals surface area (Å²) in [6.45, 7) is 4.47. The van der Waals surface area contributed by atoms with E-state index in [4.69, 9.17) is 0 Å². The van der Waals surface area contributed by atoms with E-state index in [0.29, 0.717) is 6.42 Å². The third-order valence-corrected chi connectivity index (χ3v) is 6.73. The quantitative estimate of drug-likeness (QED) is 0.429. The summed E-state index contributed by atoms with van der Waals surface area (Å²) in [5.74, 6) is 0.232. The fraction of sp³-hybridized carbons (Fsp3) is 0.286. The van der Waals surface area contributed by atoms with Crippen LogP contribution in [0.1, 0.15) is 23.6 Å². The van der Waals surface area contributed by atoms with Gasteiger partial charge in [0.15, 0.2) is 0 Å².